The number of fused-ring (bicyclic) bond motifs is 1. The molecule has 0 spiro atoms. The molecule has 3 rings (SSSR count). The van der Waals surface area contributed by atoms with Crippen molar-refractivity contribution >= 4 is 21.6 Å². The van der Waals surface area contributed by atoms with Crippen LogP contribution >= 0.6 is 15.9 Å². The molecule has 0 fully saturated rings. The molecule has 5 nitrogen and oxygen atoms in total. The second-order valence-electron chi connectivity index (χ2n) is 4.14. The third kappa shape index (κ3) is 2.12. The highest BCUT2D eigenvalue weighted by Gasteiger charge is 2.09. The van der Waals surface area contributed by atoms with Gasteiger partial charge in [-0.05, 0) is 46.3 Å². The summed E-state index contributed by atoms with van der Waals surface area (Å²) in [5, 5.41) is 4.55. The van der Waals surface area contributed by atoms with Crippen molar-refractivity contribution in [2.24, 2.45) is 0 Å². The molecule has 0 saturated carbocycles. The largest absolute Gasteiger partial charge is 0.493 e. The fourth-order valence-corrected chi connectivity index (χ4v) is 2.36. The number of methoxy groups -OCH3 is 2. The van der Waals surface area contributed by atoms with Crippen LogP contribution in [0.5, 0.6) is 11.5 Å². The Hall–Kier alpha value is -2.08. The predicted molar refractivity (Wildman–Crippen MR) is 79.2 cm³/mol. The molecule has 0 unspecified atom stereocenters. The lowest BCUT2D eigenvalue weighted by atomic mass is 10.1. The monoisotopic (exact) mass is 333 g/mol. The molecule has 0 aliphatic rings. The molecular formula is C14H12BrN3O2. The number of hydrogen-bond acceptors (Lipinski definition) is 4. The molecule has 0 aliphatic heterocycles. The van der Waals surface area contributed by atoms with Crippen molar-refractivity contribution in [1.29, 1.82) is 0 Å². The van der Waals surface area contributed by atoms with Gasteiger partial charge in [-0.25, -0.2) is 9.50 Å². The Bertz CT molecular complexity index is 770. The van der Waals surface area contributed by atoms with E-state index in [-0.39, 0.29) is 0 Å². The number of halogens is 1. The minimum absolute atomic E-state index is 0.677. The van der Waals surface area contributed by atoms with Gasteiger partial charge in [0.2, 0.25) is 0 Å². The zero-order valence-corrected chi connectivity index (χ0v) is 12.6. The molecule has 1 aromatic carbocycles. The lowest BCUT2D eigenvalue weighted by Gasteiger charge is -2.09. The van der Waals surface area contributed by atoms with E-state index in [1.807, 2.05) is 30.3 Å². The number of rotatable bonds is 3. The number of ether oxygens (including phenoxy) is 2. The number of benzene rings is 1. The fraction of sp³-hybridized carbons (Fsp3) is 0.143. The van der Waals surface area contributed by atoms with Crippen molar-refractivity contribution in [2.45, 2.75) is 0 Å². The minimum Gasteiger partial charge on any atom is -0.493 e. The minimum atomic E-state index is 0.677. The first-order chi connectivity index (χ1) is 9.72. The first kappa shape index (κ1) is 12.9. The van der Waals surface area contributed by atoms with Crippen LogP contribution in [0.15, 0.2) is 41.1 Å². The molecule has 0 bridgehead atoms. The van der Waals surface area contributed by atoms with Crippen molar-refractivity contribution in [1.82, 2.24) is 14.6 Å². The van der Waals surface area contributed by atoms with E-state index in [1.165, 1.54) is 0 Å². The van der Waals surface area contributed by atoms with Gasteiger partial charge in [-0.1, -0.05) is 0 Å². The molecule has 2 heterocycles. The molecule has 102 valence electrons. The Morgan fingerprint density at radius 3 is 2.60 bits per heavy atom. The fourth-order valence-electron chi connectivity index (χ4n) is 1.99. The maximum Gasteiger partial charge on any atom is 0.161 e. The van der Waals surface area contributed by atoms with E-state index in [4.69, 9.17) is 9.47 Å². The van der Waals surface area contributed by atoms with Gasteiger partial charge in [0.15, 0.2) is 17.1 Å². The predicted octanol–water partition coefficient (Wildman–Crippen LogP) is 3.18. The first-order valence-electron chi connectivity index (χ1n) is 5.95. The van der Waals surface area contributed by atoms with Crippen LogP contribution in [-0.2, 0) is 0 Å². The normalized spacial score (nSPS) is 10.8. The highest BCUT2D eigenvalue weighted by atomic mass is 79.9. The highest BCUT2D eigenvalue weighted by molar-refractivity contribution is 9.10. The van der Waals surface area contributed by atoms with E-state index < -0.39 is 0 Å². The van der Waals surface area contributed by atoms with Crippen LogP contribution in [-0.4, -0.2) is 28.8 Å². The summed E-state index contributed by atoms with van der Waals surface area (Å²) in [7, 11) is 3.23. The Labute approximate surface area is 124 Å². The summed E-state index contributed by atoms with van der Waals surface area (Å²) in [6.07, 6.45) is 1.72. The average Bonchev–Trinajstić information content (AvgIpc) is 2.87. The molecule has 0 radical (unpaired) electrons. The number of nitrogens with zero attached hydrogens (tertiary/aromatic N) is 3. The molecule has 6 heteroatoms. The summed E-state index contributed by atoms with van der Waals surface area (Å²) in [4.78, 5) is 4.22. The van der Waals surface area contributed by atoms with E-state index in [1.54, 1.807) is 24.9 Å². The van der Waals surface area contributed by atoms with Crippen LogP contribution < -0.4 is 9.47 Å². The Morgan fingerprint density at radius 2 is 1.85 bits per heavy atom. The summed E-state index contributed by atoms with van der Waals surface area (Å²) in [5.74, 6) is 1.37. The summed E-state index contributed by atoms with van der Waals surface area (Å²) in [6.45, 7) is 0. The number of imidazole rings is 1. The van der Waals surface area contributed by atoms with E-state index in [9.17, 15) is 0 Å². The zero-order valence-electron chi connectivity index (χ0n) is 11.0. The maximum absolute atomic E-state index is 5.31. The summed E-state index contributed by atoms with van der Waals surface area (Å²) in [6, 6.07) is 9.56. The number of hydrogen-bond donors (Lipinski definition) is 0. The van der Waals surface area contributed by atoms with Gasteiger partial charge in [0.05, 0.1) is 26.1 Å². The van der Waals surface area contributed by atoms with E-state index in [0.29, 0.717) is 11.5 Å². The van der Waals surface area contributed by atoms with Crippen molar-refractivity contribution in [2.75, 3.05) is 14.2 Å². The average molecular weight is 334 g/mol. The smallest absolute Gasteiger partial charge is 0.161 e. The molecule has 0 atom stereocenters. The van der Waals surface area contributed by atoms with Crippen LogP contribution in [0.2, 0.25) is 0 Å². The summed E-state index contributed by atoms with van der Waals surface area (Å²) >= 11 is 3.42. The third-order valence-corrected chi connectivity index (χ3v) is 3.54. The van der Waals surface area contributed by atoms with Crippen LogP contribution in [0.25, 0.3) is 16.9 Å². The van der Waals surface area contributed by atoms with Gasteiger partial charge < -0.3 is 9.47 Å². The molecule has 0 aliphatic carbocycles. The van der Waals surface area contributed by atoms with Crippen LogP contribution in [0, 0.1) is 0 Å². The second kappa shape index (κ2) is 5.13. The van der Waals surface area contributed by atoms with Gasteiger partial charge in [-0.2, -0.15) is 5.10 Å². The van der Waals surface area contributed by atoms with E-state index in [2.05, 4.69) is 26.0 Å². The third-order valence-electron chi connectivity index (χ3n) is 3.00. The van der Waals surface area contributed by atoms with Gasteiger partial charge in [-0.3, -0.25) is 0 Å². The summed E-state index contributed by atoms with van der Waals surface area (Å²) in [5.41, 5.74) is 2.57. The maximum atomic E-state index is 5.31. The van der Waals surface area contributed by atoms with Gasteiger partial charge >= 0.3 is 0 Å². The zero-order chi connectivity index (χ0) is 14.1. The lowest BCUT2D eigenvalue weighted by molar-refractivity contribution is 0.355. The highest BCUT2D eigenvalue weighted by Crippen LogP contribution is 2.31. The van der Waals surface area contributed by atoms with Crippen molar-refractivity contribution in [3.05, 3.63) is 41.1 Å². The standard InChI is InChI=1S/C14H12BrN3O2/c1-19-11-5-3-9(7-12(11)20-2)10-4-6-14-16-8-13(15)18(14)17-10/h3-8H,1-2H3. The van der Waals surface area contributed by atoms with Crippen molar-refractivity contribution in [3.8, 4) is 22.8 Å². The van der Waals surface area contributed by atoms with Gasteiger partial charge in [0.25, 0.3) is 0 Å². The quantitative estimate of drug-likeness (QED) is 0.738. The molecule has 3 aromatic rings. The van der Waals surface area contributed by atoms with Crippen LogP contribution in [0.4, 0.5) is 0 Å². The molecule has 2 aromatic heterocycles. The van der Waals surface area contributed by atoms with Gasteiger partial charge in [0.1, 0.15) is 4.60 Å². The second-order valence-corrected chi connectivity index (χ2v) is 4.95. The Morgan fingerprint density at radius 1 is 1.05 bits per heavy atom. The molecule has 0 amide bonds. The van der Waals surface area contributed by atoms with Crippen LogP contribution in [0.3, 0.4) is 0 Å². The Kier molecular flexibility index (Phi) is 3.31. The van der Waals surface area contributed by atoms with Gasteiger partial charge in [-0.15, -0.1) is 0 Å². The van der Waals surface area contributed by atoms with Crippen molar-refractivity contribution in [3.63, 3.8) is 0 Å². The van der Waals surface area contributed by atoms with Gasteiger partial charge in [0, 0.05) is 5.56 Å². The van der Waals surface area contributed by atoms with Crippen LogP contribution in [0.1, 0.15) is 0 Å². The topological polar surface area (TPSA) is 48.7 Å². The molecular weight excluding hydrogens is 322 g/mol. The lowest BCUT2D eigenvalue weighted by Crippen LogP contribution is -1.96. The molecule has 20 heavy (non-hydrogen) atoms. The first-order valence-corrected chi connectivity index (χ1v) is 6.75. The van der Waals surface area contributed by atoms with E-state index in [0.717, 1.165) is 21.5 Å². The van der Waals surface area contributed by atoms with E-state index >= 15 is 0 Å². The molecule has 0 N–H and O–H groups in total. The molecule has 0 saturated heterocycles. The summed E-state index contributed by atoms with van der Waals surface area (Å²) < 4.78 is 13.1. The SMILES string of the molecule is COc1ccc(-c2ccc3ncc(Br)n3n2)cc1OC. The number of aromatic nitrogens is 3. The Balaban J connectivity index is 2.12. The van der Waals surface area contributed by atoms with Crippen molar-refractivity contribution < 1.29 is 9.47 Å².